The molecule has 2 nitrogen and oxygen atoms in total. The van der Waals surface area contributed by atoms with Crippen LogP contribution >= 0.6 is 31.9 Å². The zero-order valence-electron chi connectivity index (χ0n) is 6.44. The Balaban J connectivity index is 2.70. The third-order valence-electron chi connectivity index (χ3n) is 1.70. The molecule has 68 valence electrons. The number of imidazole rings is 1. The highest BCUT2D eigenvalue weighted by atomic mass is 79.9. The Morgan fingerprint density at radius 3 is 2.92 bits per heavy atom. The second-order valence-electron chi connectivity index (χ2n) is 2.60. The van der Waals surface area contributed by atoms with Crippen LogP contribution in [-0.4, -0.2) is 9.97 Å². The molecule has 2 rings (SSSR count). The van der Waals surface area contributed by atoms with Crippen LogP contribution in [0, 0.1) is 5.82 Å². The highest BCUT2D eigenvalue weighted by Crippen LogP contribution is 2.22. The van der Waals surface area contributed by atoms with E-state index in [9.17, 15) is 4.39 Å². The van der Waals surface area contributed by atoms with Gasteiger partial charge in [-0.1, -0.05) is 15.9 Å². The monoisotopic (exact) mass is 306 g/mol. The maximum absolute atomic E-state index is 13.1. The molecule has 0 aliphatic carbocycles. The van der Waals surface area contributed by atoms with Crippen LogP contribution in [0.2, 0.25) is 0 Å². The molecule has 1 N–H and O–H groups in total. The summed E-state index contributed by atoms with van der Waals surface area (Å²) >= 11 is 6.38. The molecule has 1 heterocycles. The molecule has 0 aliphatic heterocycles. The third-order valence-corrected chi connectivity index (χ3v) is 2.84. The van der Waals surface area contributed by atoms with E-state index in [1.54, 1.807) is 6.07 Å². The lowest BCUT2D eigenvalue weighted by Crippen LogP contribution is -1.77. The van der Waals surface area contributed by atoms with Gasteiger partial charge in [-0.3, -0.25) is 0 Å². The summed E-state index contributed by atoms with van der Waals surface area (Å²) in [5.74, 6) is 0.518. The summed E-state index contributed by atoms with van der Waals surface area (Å²) in [7, 11) is 0. The molecule has 1 aromatic heterocycles. The van der Waals surface area contributed by atoms with Crippen LogP contribution in [0.4, 0.5) is 4.39 Å². The molecule has 0 aliphatic rings. The summed E-state index contributed by atoms with van der Waals surface area (Å²) in [5, 5.41) is 0.640. The van der Waals surface area contributed by atoms with Crippen LogP contribution < -0.4 is 0 Å². The van der Waals surface area contributed by atoms with E-state index in [0.717, 1.165) is 16.9 Å². The Hall–Kier alpha value is -0.420. The lowest BCUT2D eigenvalue weighted by atomic mass is 10.3. The number of hydrogen-bond donors (Lipinski definition) is 1. The van der Waals surface area contributed by atoms with Crippen molar-refractivity contribution in [1.29, 1.82) is 0 Å². The van der Waals surface area contributed by atoms with E-state index in [4.69, 9.17) is 0 Å². The molecule has 5 heteroatoms. The zero-order valence-corrected chi connectivity index (χ0v) is 9.61. The van der Waals surface area contributed by atoms with Gasteiger partial charge >= 0.3 is 0 Å². The van der Waals surface area contributed by atoms with Crippen molar-refractivity contribution in [3.05, 3.63) is 28.2 Å². The van der Waals surface area contributed by atoms with Crippen LogP contribution in [0.25, 0.3) is 11.0 Å². The zero-order chi connectivity index (χ0) is 9.42. The first-order valence-corrected chi connectivity index (χ1v) is 5.52. The topological polar surface area (TPSA) is 28.7 Å². The number of rotatable bonds is 1. The molecule has 13 heavy (non-hydrogen) atoms. The largest absolute Gasteiger partial charge is 0.341 e. The molecule has 1 aromatic carbocycles. The molecule has 0 atom stereocenters. The van der Waals surface area contributed by atoms with Gasteiger partial charge in [0.25, 0.3) is 0 Å². The van der Waals surface area contributed by atoms with Crippen LogP contribution in [0.15, 0.2) is 16.6 Å². The smallest absolute Gasteiger partial charge is 0.139 e. The number of nitrogens with zero attached hydrogens (tertiary/aromatic N) is 1. The number of alkyl halides is 1. The number of benzene rings is 1. The molecule has 0 saturated carbocycles. The molecule has 0 amide bonds. The van der Waals surface area contributed by atoms with Gasteiger partial charge in [0.1, 0.15) is 11.6 Å². The first kappa shape index (κ1) is 9.15. The minimum Gasteiger partial charge on any atom is -0.341 e. The van der Waals surface area contributed by atoms with Gasteiger partial charge in [-0.2, -0.15) is 0 Å². The van der Waals surface area contributed by atoms with E-state index >= 15 is 0 Å². The van der Waals surface area contributed by atoms with E-state index < -0.39 is 0 Å². The summed E-state index contributed by atoms with van der Waals surface area (Å²) in [5.41, 5.74) is 1.48. The van der Waals surface area contributed by atoms with E-state index in [-0.39, 0.29) is 5.82 Å². The molecule has 0 bridgehead atoms. The molecule has 0 unspecified atom stereocenters. The first-order chi connectivity index (χ1) is 6.20. The summed E-state index contributed by atoms with van der Waals surface area (Å²) in [6.45, 7) is 0. The van der Waals surface area contributed by atoms with Gasteiger partial charge in [-0.15, -0.1) is 0 Å². The maximum atomic E-state index is 13.1. The average Bonchev–Trinajstić information content (AvgIpc) is 2.48. The number of hydrogen-bond acceptors (Lipinski definition) is 1. The van der Waals surface area contributed by atoms with Gasteiger partial charge in [0.15, 0.2) is 0 Å². The van der Waals surface area contributed by atoms with E-state index in [1.165, 1.54) is 6.07 Å². The van der Waals surface area contributed by atoms with Gasteiger partial charge in [0.2, 0.25) is 0 Å². The quantitative estimate of drug-likeness (QED) is 0.804. The predicted molar refractivity (Wildman–Crippen MR) is 56.4 cm³/mol. The SMILES string of the molecule is Fc1cc2[nH]c(CBr)nc2cc1Br. The highest BCUT2D eigenvalue weighted by molar-refractivity contribution is 9.10. The number of halogens is 3. The van der Waals surface area contributed by atoms with Crippen molar-refractivity contribution in [2.45, 2.75) is 5.33 Å². The highest BCUT2D eigenvalue weighted by Gasteiger charge is 2.05. The molecule has 0 spiro atoms. The molecule has 0 saturated heterocycles. The number of fused-ring (bicyclic) bond motifs is 1. The van der Waals surface area contributed by atoms with Crippen molar-refractivity contribution in [2.75, 3.05) is 0 Å². The Morgan fingerprint density at radius 1 is 1.46 bits per heavy atom. The maximum Gasteiger partial charge on any atom is 0.139 e. The lowest BCUT2D eigenvalue weighted by Gasteiger charge is -1.92. The van der Waals surface area contributed by atoms with Crippen LogP contribution in [-0.2, 0) is 5.33 Å². The summed E-state index contributed by atoms with van der Waals surface area (Å²) in [6, 6.07) is 3.09. The van der Waals surface area contributed by atoms with Crippen LogP contribution in [0.3, 0.4) is 0 Å². The fourth-order valence-corrected chi connectivity index (χ4v) is 1.72. The van der Waals surface area contributed by atoms with Gasteiger partial charge in [0.05, 0.1) is 20.8 Å². The van der Waals surface area contributed by atoms with Crippen LogP contribution in [0.1, 0.15) is 5.82 Å². The third kappa shape index (κ3) is 1.62. The Bertz CT molecular complexity index is 414. The summed E-state index contributed by atoms with van der Waals surface area (Å²) in [6.07, 6.45) is 0. The molecular weight excluding hydrogens is 303 g/mol. The van der Waals surface area contributed by atoms with Crippen molar-refractivity contribution in [3.63, 3.8) is 0 Å². The summed E-state index contributed by atoms with van der Waals surface area (Å²) in [4.78, 5) is 7.23. The Morgan fingerprint density at radius 2 is 2.23 bits per heavy atom. The molecule has 0 fully saturated rings. The lowest BCUT2D eigenvalue weighted by molar-refractivity contribution is 0.623. The summed E-state index contributed by atoms with van der Waals surface area (Å²) < 4.78 is 13.5. The van der Waals surface area contributed by atoms with Gasteiger partial charge < -0.3 is 4.98 Å². The van der Waals surface area contributed by atoms with Crippen molar-refractivity contribution in [1.82, 2.24) is 9.97 Å². The van der Waals surface area contributed by atoms with Crippen LogP contribution in [0.5, 0.6) is 0 Å². The minimum absolute atomic E-state index is 0.280. The standard InChI is InChI=1S/C8H5Br2FN2/c9-3-8-12-6-1-4(10)5(11)2-7(6)13-8/h1-2H,3H2,(H,12,13). The predicted octanol–water partition coefficient (Wildman–Crippen LogP) is 3.36. The minimum atomic E-state index is -0.280. The second-order valence-corrected chi connectivity index (χ2v) is 4.02. The number of H-pyrrole nitrogens is 1. The second kappa shape index (κ2) is 3.38. The van der Waals surface area contributed by atoms with Crippen molar-refractivity contribution in [3.8, 4) is 0 Å². The number of nitrogens with one attached hydrogen (secondary N) is 1. The fraction of sp³-hybridized carbons (Fsp3) is 0.125. The van der Waals surface area contributed by atoms with Gasteiger partial charge in [-0.05, 0) is 22.0 Å². The van der Waals surface area contributed by atoms with Crippen molar-refractivity contribution < 1.29 is 4.39 Å². The average molecular weight is 308 g/mol. The fourth-order valence-electron chi connectivity index (χ4n) is 1.12. The van der Waals surface area contributed by atoms with Gasteiger partial charge in [-0.25, -0.2) is 9.37 Å². The number of aromatic nitrogens is 2. The molecule has 2 aromatic rings. The number of aromatic amines is 1. The van der Waals surface area contributed by atoms with E-state index in [1.807, 2.05) is 0 Å². The normalized spacial score (nSPS) is 11.0. The van der Waals surface area contributed by atoms with Crippen molar-refractivity contribution in [2.24, 2.45) is 0 Å². The molecule has 0 radical (unpaired) electrons. The van der Waals surface area contributed by atoms with Gasteiger partial charge in [0, 0.05) is 6.07 Å². The van der Waals surface area contributed by atoms with E-state index in [0.29, 0.717) is 9.80 Å². The molecular formula is C8H5Br2FN2. The van der Waals surface area contributed by atoms with E-state index in [2.05, 4.69) is 41.8 Å². The Kier molecular flexibility index (Phi) is 2.38. The first-order valence-electron chi connectivity index (χ1n) is 3.60. The Labute approximate surface area is 90.8 Å². The van der Waals surface area contributed by atoms with Crippen molar-refractivity contribution >= 4 is 42.9 Å².